The molecule has 200 valence electrons. The van der Waals surface area contributed by atoms with Crippen molar-refractivity contribution >= 4 is 46.8 Å². The lowest BCUT2D eigenvalue weighted by Crippen LogP contribution is -2.56. The number of rotatable bonds is 7. The maximum absolute atomic E-state index is 12.9. The second-order valence-electron chi connectivity index (χ2n) is 8.98. The molecule has 0 unspecified atom stereocenters. The molecule has 0 saturated carbocycles. The number of urea groups is 1. The third-order valence-electron chi connectivity index (χ3n) is 6.58. The van der Waals surface area contributed by atoms with Crippen LogP contribution in [0.5, 0.6) is 5.75 Å². The van der Waals surface area contributed by atoms with Crippen LogP contribution in [0.2, 0.25) is 5.15 Å². The molecule has 1 atom stereocenters. The molecule has 37 heavy (non-hydrogen) atoms. The van der Waals surface area contributed by atoms with Crippen molar-refractivity contribution < 1.29 is 14.3 Å². The average molecular weight is 548 g/mol. The van der Waals surface area contributed by atoms with E-state index in [2.05, 4.69) is 25.1 Å². The number of nitrogens with zero attached hydrogens (tertiary/aromatic N) is 6. The predicted octanol–water partition coefficient (Wildman–Crippen LogP) is 2.82. The van der Waals surface area contributed by atoms with Crippen molar-refractivity contribution in [3.8, 4) is 5.75 Å². The summed E-state index contributed by atoms with van der Waals surface area (Å²) in [7, 11) is 1.67. The highest BCUT2D eigenvalue weighted by Crippen LogP contribution is 2.29. The fraction of sp³-hybridized carbons (Fsp3) is 0.520. The van der Waals surface area contributed by atoms with Crippen LogP contribution in [0.3, 0.4) is 0 Å². The van der Waals surface area contributed by atoms with Gasteiger partial charge < -0.3 is 29.7 Å². The second-order valence-corrected chi connectivity index (χ2v) is 10.3. The quantitative estimate of drug-likeness (QED) is 0.321. The van der Waals surface area contributed by atoms with Gasteiger partial charge in [0.05, 0.1) is 18.6 Å². The zero-order chi connectivity index (χ0) is 26.4. The average Bonchev–Trinajstić information content (AvgIpc) is 2.91. The molecule has 1 N–H and O–H groups in total. The first-order valence-electron chi connectivity index (χ1n) is 12.5. The summed E-state index contributed by atoms with van der Waals surface area (Å²) in [6, 6.07) is 9.66. The van der Waals surface area contributed by atoms with E-state index in [0.29, 0.717) is 55.4 Å². The van der Waals surface area contributed by atoms with Crippen molar-refractivity contribution in [3.63, 3.8) is 0 Å². The number of thioether (sulfide) groups is 1. The van der Waals surface area contributed by atoms with Gasteiger partial charge in [0.1, 0.15) is 16.7 Å². The van der Waals surface area contributed by atoms with Crippen molar-refractivity contribution in [1.29, 1.82) is 0 Å². The zero-order valence-corrected chi connectivity index (χ0v) is 23.1. The van der Waals surface area contributed by atoms with Gasteiger partial charge in [-0.2, -0.15) is 0 Å². The smallest absolute Gasteiger partial charge is 0.317 e. The summed E-state index contributed by atoms with van der Waals surface area (Å²) >= 11 is 7.61. The fourth-order valence-electron chi connectivity index (χ4n) is 4.64. The Kier molecular flexibility index (Phi) is 9.20. The molecule has 0 bridgehead atoms. The minimum absolute atomic E-state index is 0.0289. The Bertz CT molecular complexity index is 1100. The molecule has 0 aliphatic carbocycles. The van der Waals surface area contributed by atoms with Crippen LogP contribution in [-0.4, -0.2) is 103 Å². The standard InChI is InChI=1S/C25H34ClN7O3S/c1-4-27-25(35)33-14-13-32(16-18(33)2)22-15-21(26)28-24(29-22)37-17-23(34)31-11-9-30(10-12-31)19-7-5-6-8-20(19)36-3/h5-8,15,18H,4,9-14,16-17H2,1-3H3,(H,27,35)/t18-/m0/s1. The normalized spacial score (nSPS) is 18.1. The van der Waals surface area contributed by atoms with E-state index in [-0.39, 0.29) is 23.7 Å². The number of nitrogens with one attached hydrogen (secondary N) is 1. The lowest BCUT2D eigenvalue weighted by molar-refractivity contribution is -0.128. The Labute approximate surface area is 227 Å². The van der Waals surface area contributed by atoms with Crippen LogP contribution in [0.1, 0.15) is 13.8 Å². The number of ether oxygens (including phenoxy) is 1. The minimum atomic E-state index is -0.0473. The molecular formula is C25H34ClN7O3S. The van der Waals surface area contributed by atoms with E-state index >= 15 is 0 Å². The zero-order valence-electron chi connectivity index (χ0n) is 21.5. The third-order valence-corrected chi connectivity index (χ3v) is 7.61. The van der Waals surface area contributed by atoms with Crippen molar-refractivity contribution in [1.82, 2.24) is 25.1 Å². The van der Waals surface area contributed by atoms with Crippen LogP contribution in [0.15, 0.2) is 35.5 Å². The molecule has 2 fully saturated rings. The van der Waals surface area contributed by atoms with Crippen LogP contribution in [0.4, 0.5) is 16.3 Å². The number of benzene rings is 1. The highest BCUT2D eigenvalue weighted by Gasteiger charge is 2.28. The van der Waals surface area contributed by atoms with Gasteiger partial charge in [0.25, 0.3) is 0 Å². The number of halogens is 1. The third kappa shape index (κ3) is 6.70. The Morgan fingerprint density at radius 1 is 1.11 bits per heavy atom. The molecule has 3 amide bonds. The Balaban J connectivity index is 1.31. The minimum Gasteiger partial charge on any atom is -0.495 e. The van der Waals surface area contributed by atoms with E-state index in [1.165, 1.54) is 11.8 Å². The Hall–Kier alpha value is -2.92. The summed E-state index contributed by atoms with van der Waals surface area (Å²) in [5.41, 5.74) is 1.05. The molecule has 2 saturated heterocycles. The van der Waals surface area contributed by atoms with Crippen LogP contribution in [0, 0.1) is 0 Å². The fourth-order valence-corrected chi connectivity index (χ4v) is 5.62. The summed E-state index contributed by atoms with van der Waals surface area (Å²) in [6.45, 7) is 9.20. The van der Waals surface area contributed by atoms with Crippen LogP contribution in [-0.2, 0) is 4.79 Å². The van der Waals surface area contributed by atoms with E-state index in [0.717, 1.165) is 24.5 Å². The molecule has 0 spiro atoms. The first kappa shape index (κ1) is 27.1. The van der Waals surface area contributed by atoms with E-state index in [4.69, 9.17) is 16.3 Å². The molecule has 12 heteroatoms. The highest BCUT2D eigenvalue weighted by molar-refractivity contribution is 7.99. The van der Waals surface area contributed by atoms with Gasteiger partial charge in [-0.05, 0) is 26.0 Å². The van der Waals surface area contributed by atoms with E-state index in [1.54, 1.807) is 13.2 Å². The van der Waals surface area contributed by atoms with Crippen molar-refractivity contribution in [2.24, 2.45) is 0 Å². The largest absolute Gasteiger partial charge is 0.495 e. The van der Waals surface area contributed by atoms with Crippen molar-refractivity contribution in [2.45, 2.75) is 25.0 Å². The summed E-state index contributed by atoms with van der Waals surface area (Å²) in [4.78, 5) is 42.3. The van der Waals surface area contributed by atoms with E-state index < -0.39 is 0 Å². The van der Waals surface area contributed by atoms with E-state index in [1.807, 2.05) is 47.9 Å². The first-order chi connectivity index (χ1) is 17.9. The number of hydrogen-bond donors (Lipinski definition) is 1. The molecule has 0 radical (unpaired) electrons. The summed E-state index contributed by atoms with van der Waals surface area (Å²) in [6.07, 6.45) is 0. The summed E-state index contributed by atoms with van der Waals surface area (Å²) in [5.74, 6) is 1.85. The Morgan fingerprint density at radius 2 is 1.84 bits per heavy atom. The number of anilines is 2. The number of piperazine rings is 2. The second kappa shape index (κ2) is 12.6. The van der Waals surface area contributed by atoms with Gasteiger partial charge in [0.15, 0.2) is 5.16 Å². The van der Waals surface area contributed by atoms with Gasteiger partial charge in [-0.1, -0.05) is 35.5 Å². The number of para-hydroxylation sites is 2. The highest BCUT2D eigenvalue weighted by atomic mass is 35.5. The molecule has 1 aromatic carbocycles. The van der Waals surface area contributed by atoms with Gasteiger partial charge in [-0.3, -0.25) is 4.79 Å². The molecule has 1 aromatic heterocycles. The lowest BCUT2D eigenvalue weighted by Gasteiger charge is -2.40. The van der Waals surface area contributed by atoms with Gasteiger partial charge in [0.2, 0.25) is 5.91 Å². The number of methoxy groups -OCH3 is 1. The SMILES string of the molecule is CCNC(=O)N1CCN(c2cc(Cl)nc(SCC(=O)N3CCN(c4ccccc4OC)CC3)n2)C[C@@H]1C. The van der Waals surface area contributed by atoms with Crippen LogP contribution < -0.4 is 19.9 Å². The monoisotopic (exact) mass is 547 g/mol. The van der Waals surface area contributed by atoms with Crippen molar-refractivity contribution in [2.75, 3.05) is 75.0 Å². The van der Waals surface area contributed by atoms with Gasteiger partial charge >= 0.3 is 6.03 Å². The molecule has 4 rings (SSSR count). The van der Waals surface area contributed by atoms with Gasteiger partial charge in [0, 0.05) is 64.5 Å². The lowest BCUT2D eigenvalue weighted by atomic mass is 10.2. The summed E-state index contributed by atoms with van der Waals surface area (Å²) in [5, 5.41) is 3.67. The summed E-state index contributed by atoms with van der Waals surface area (Å²) < 4.78 is 5.48. The van der Waals surface area contributed by atoms with Crippen molar-refractivity contribution in [3.05, 3.63) is 35.5 Å². The number of amides is 3. The van der Waals surface area contributed by atoms with Crippen LogP contribution >= 0.6 is 23.4 Å². The number of carbonyl (C=O) groups excluding carboxylic acids is 2. The predicted molar refractivity (Wildman–Crippen MR) is 147 cm³/mol. The first-order valence-corrected chi connectivity index (χ1v) is 13.9. The van der Waals surface area contributed by atoms with Crippen LogP contribution in [0.25, 0.3) is 0 Å². The molecular weight excluding hydrogens is 514 g/mol. The molecule has 2 aromatic rings. The number of hydrogen-bond acceptors (Lipinski definition) is 8. The van der Waals surface area contributed by atoms with E-state index in [9.17, 15) is 9.59 Å². The molecule has 2 aliphatic heterocycles. The maximum atomic E-state index is 12.9. The molecule has 10 nitrogen and oxygen atoms in total. The Morgan fingerprint density at radius 3 is 2.54 bits per heavy atom. The molecule has 2 aliphatic rings. The number of aromatic nitrogens is 2. The number of carbonyl (C=O) groups is 2. The maximum Gasteiger partial charge on any atom is 0.317 e. The topological polar surface area (TPSA) is 94.1 Å². The molecule has 3 heterocycles. The van der Waals surface area contributed by atoms with Gasteiger partial charge in [-0.25, -0.2) is 14.8 Å². The van der Waals surface area contributed by atoms with Gasteiger partial charge in [-0.15, -0.1) is 0 Å².